The van der Waals surface area contributed by atoms with Gasteiger partial charge in [-0.05, 0) is 64.9 Å². The Bertz CT molecular complexity index is 711. The molecule has 0 saturated heterocycles. The van der Waals surface area contributed by atoms with Crippen LogP contribution in [0.5, 0.6) is 11.5 Å². The topological polar surface area (TPSA) is 40.5 Å². The summed E-state index contributed by atoms with van der Waals surface area (Å²) in [7, 11) is 0. The average molecular weight is 294 g/mol. The fourth-order valence-corrected chi connectivity index (χ4v) is 3.61. The van der Waals surface area contributed by atoms with Crippen LogP contribution < -0.4 is 0 Å². The maximum atomic E-state index is 9.88. The quantitative estimate of drug-likeness (QED) is 0.801. The standard InChI is InChI=1S/C20H22O2/c1-3-5-18-19-12-15(22)10-11-17(19)16(4-2)20(18)13-6-8-14(21)9-7-13/h6-12,18,21-22H,3-5H2,1-2H3. The molecule has 2 nitrogen and oxygen atoms in total. The molecule has 114 valence electrons. The first-order valence-corrected chi connectivity index (χ1v) is 8.01. The van der Waals surface area contributed by atoms with E-state index in [9.17, 15) is 10.2 Å². The third-order valence-corrected chi connectivity index (χ3v) is 4.52. The summed E-state index contributed by atoms with van der Waals surface area (Å²) in [6.45, 7) is 4.38. The molecule has 1 atom stereocenters. The van der Waals surface area contributed by atoms with Crippen molar-refractivity contribution < 1.29 is 10.2 Å². The van der Waals surface area contributed by atoms with E-state index < -0.39 is 0 Å². The second kappa shape index (κ2) is 5.88. The van der Waals surface area contributed by atoms with Gasteiger partial charge in [-0.2, -0.15) is 0 Å². The summed E-state index contributed by atoms with van der Waals surface area (Å²) in [5, 5.41) is 19.4. The van der Waals surface area contributed by atoms with Crippen molar-refractivity contribution in [3.05, 3.63) is 59.2 Å². The molecular formula is C20H22O2. The van der Waals surface area contributed by atoms with Crippen LogP contribution in [0.2, 0.25) is 0 Å². The molecule has 1 unspecified atom stereocenters. The molecular weight excluding hydrogens is 272 g/mol. The summed E-state index contributed by atoms with van der Waals surface area (Å²) in [5.74, 6) is 0.955. The maximum absolute atomic E-state index is 9.88. The molecule has 0 aromatic heterocycles. The minimum atomic E-state index is 0.294. The number of phenolic OH excluding ortho intramolecular Hbond substituents is 2. The molecule has 0 spiro atoms. The molecule has 0 fully saturated rings. The first-order chi connectivity index (χ1) is 10.7. The molecule has 2 aromatic carbocycles. The summed E-state index contributed by atoms with van der Waals surface area (Å²) < 4.78 is 0. The SMILES string of the molecule is CCCC1C(c2ccc(O)cc2)=C(CC)c2ccc(O)cc21. The molecule has 0 saturated carbocycles. The van der Waals surface area contributed by atoms with Crippen molar-refractivity contribution in [1.82, 2.24) is 0 Å². The van der Waals surface area contributed by atoms with Gasteiger partial charge >= 0.3 is 0 Å². The number of phenols is 2. The van der Waals surface area contributed by atoms with Crippen molar-refractivity contribution >= 4 is 11.1 Å². The average Bonchev–Trinajstić information content (AvgIpc) is 2.82. The smallest absolute Gasteiger partial charge is 0.115 e. The normalized spacial score (nSPS) is 16.9. The zero-order valence-electron chi connectivity index (χ0n) is 13.1. The Kier molecular flexibility index (Phi) is 3.93. The van der Waals surface area contributed by atoms with Crippen molar-refractivity contribution in [1.29, 1.82) is 0 Å². The fraction of sp³-hybridized carbons (Fsp3) is 0.300. The van der Waals surface area contributed by atoms with Crippen LogP contribution in [0.4, 0.5) is 0 Å². The zero-order valence-corrected chi connectivity index (χ0v) is 13.1. The van der Waals surface area contributed by atoms with Crippen molar-refractivity contribution in [2.75, 3.05) is 0 Å². The van der Waals surface area contributed by atoms with E-state index in [0.717, 1.165) is 19.3 Å². The Balaban J connectivity index is 2.18. The molecule has 2 aromatic rings. The molecule has 1 aliphatic rings. The highest BCUT2D eigenvalue weighted by atomic mass is 16.3. The van der Waals surface area contributed by atoms with Gasteiger partial charge in [-0.15, -0.1) is 0 Å². The summed E-state index contributed by atoms with van der Waals surface area (Å²) in [4.78, 5) is 0. The highest BCUT2D eigenvalue weighted by Crippen LogP contribution is 2.51. The molecule has 2 N–H and O–H groups in total. The first kappa shape index (κ1) is 14.7. The van der Waals surface area contributed by atoms with E-state index in [1.807, 2.05) is 24.3 Å². The van der Waals surface area contributed by atoms with Crippen LogP contribution in [0.1, 0.15) is 55.7 Å². The first-order valence-electron chi connectivity index (χ1n) is 8.01. The second-order valence-electron chi connectivity index (χ2n) is 5.91. The van der Waals surface area contributed by atoms with Gasteiger partial charge in [0.25, 0.3) is 0 Å². The van der Waals surface area contributed by atoms with Crippen LogP contribution in [-0.4, -0.2) is 10.2 Å². The van der Waals surface area contributed by atoms with Crippen LogP contribution >= 0.6 is 0 Å². The highest BCUT2D eigenvalue weighted by Gasteiger charge is 2.30. The molecule has 1 aliphatic carbocycles. The largest absolute Gasteiger partial charge is 0.508 e. The molecule has 0 radical (unpaired) electrons. The summed E-state index contributed by atoms with van der Waals surface area (Å²) in [6.07, 6.45) is 3.13. The molecule has 0 heterocycles. The third-order valence-electron chi connectivity index (χ3n) is 4.52. The molecule has 22 heavy (non-hydrogen) atoms. The van der Waals surface area contributed by atoms with Gasteiger partial charge in [0, 0.05) is 5.92 Å². The van der Waals surface area contributed by atoms with Crippen molar-refractivity contribution in [2.24, 2.45) is 0 Å². The lowest BCUT2D eigenvalue weighted by molar-refractivity contribution is 0.474. The van der Waals surface area contributed by atoms with Crippen LogP contribution in [0.15, 0.2) is 42.5 Å². The number of benzene rings is 2. The summed E-state index contributed by atoms with van der Waals surface area (Å²) in [5.41, 5.74) is 6.39. The Morgan fingerprint density at radius 1 is 0.909 bits per heavy atom. The van der Waals surface area contributed by atoms with Gasteiger partial charge < -0.3 is 10.2 Å². The van der Waals surface area contributed by atoms with Crippen LogP contribution in [0, 0.1) is 0 Å². The lowest BCUT2D eigenvalue weighted by Crippen LogP contribution is -1.98. The van der Waals surface area contributed by atoms with Gasteiger partial charge in [-0.3, -0.25) is 0 Å². The number of hydrogen-bond acceptors (Lipinski definition) is 2. The maximum Gasteiger partial charge on any atom is 0.115 e. The molecule has 3 rings (SSSR count). The van der Waals surface area contributed by atoms with Crippen molar-refractivity contribution in [3.8, 4) is 11.5 Å². The van der Waals surface area contributed by atoms with Crippen LogP contribution in [0.25, 0.3) is 11.1 Å². The van der Waals surface area contributed by atoms with E-state index >= 15 is 0 Å². The number of rotatable bonds is 4. The number of hydrogen-bond donors (Lipinski definition) is 2. The molecule has 0 bridgehead atoms. The molecule has 2 heteroatoms. The lowest BCUT2D eigenvalue weighted by atomic mass is 9.87. The van der Waals surface area contributed by atoms with Gasteiger partial charge in [0.1, 0.15) is 11.5 Å². The van der Waals surface area contributed by atoms with E-state index in [1.165, 1.54) is 27.8 Å². The third kappa shape index (κ3) is 2.39. The lowest BCUT2D eigenvalue weighted by Gasteiger charge is -2.17. The number of fused-ring (bicyclic) bond motifs is 1. The van der Waals surface area contributed by atoms with Gasteiger partial charge in [-0.1, -0.05) is 38.5 Å². The Hall–Kier alpha value is -2.22. The van der Waals surface area contributed by atoms with E-state index in [2.05, 4.69) is 13.8 Å². The van der Waals surface area contributed by atoms with Gasteiger partial charge in [0.05, 0.1) is 0 Å². The fourth-order valence-electron chi connectivity index (χ4n) is 3.61. The van der Waals surface area contributed by atoms with E-state index in [0.29, 0.717) is 17.4 Å². The predicted octanol–water partition coefficient (Wildman–Crippen LogP) is 5.32. The summed E-state index contributed by atoms with van der Waals surface area (Å²) in [6, 6.07) is 13.2. The number of allylic oxidation sites excluding steroid dienone is 2. The van der Waals surface area contributed by atoms with E-state index in [-0.39, 0.29) is 0 Å². The minimum Gasteiger partial charge on any atom is -0.508 e. The van der Waals surface area contributed by atoms with E-state index in [1.54, 1.807) is 18.2 Å². The summed E-state index contributed by atoms with van der Waals surface area (Å²) >= 11 is 0. The van der Waals surface area contributed by atoms with Crippen LogP contribution in [-0.2, 0) is 0 Å². The second-order valence-corrected chi connectivity index (χ2v) is 5.91. The molecule has 0 aliphatic heterocycles. The van der Waals surface area contributed by atoms with Gasteiger partial charge in [0.15, 0.2) is 0 Å². The Morgan fingerprint density at radius 2 is 1.59 bits per heavy atom. The zero-order chi connectivity index (χ0) is 15.7. The number of aromatic hydroxyl groups is 2. The minimum absolute atomic E-state index is 0.294. The van der Waals surface area contributed by atoms with Crippen molar-refractivity contribution in [2.45, 2.75) is 39.0 Å². The van der Waals surface area contributed by atoms with Gasteiger partial charge in [-0.25, -0.2) is 0 Å². The van der Waals surface area contributed by atoms with Gasteiger partial charge in [0.2, 0.25) is 0 Å². The Labute approximate surface area is 131 Å². The van der Waals surface area contributed by atoms with E-state index in [4.69, 9.17) is 0 Å². The monoisotopic (exact) mass is 294 g/mol. The Morgan fingerprint density at radius 3 is 2.23 bits per heavy atom. The molecule has 0 amide bonds. The highest BCUT2D eigenvalue weighted by molar-refractivity contribution is 5.99. The van der Waals surface area contributed by atoms with Crippen LogP contribution in [0.3, 0.4) is 0 Å². The predicted molar refractivity (Wildman–Crippen MR) is 91.0 cm³/mol. The van der Waals surface area contributed by atoms with Crippen molar-refractivity contribution in [3.63, 3.8) is 0 Å².